The summed E-state index contributed by atoms with van der Waals surface area (Å²) in [5.41, 5.74) is 0. The van der Waals surface area contributed by atoms with E-state index >= 15 is 0 Å². The highest BCUT2D eigenvalue weighted by Gasteiger charge is 2.12. The molecule has 0 spiro atoms. The van der Waals surface area contributed by atoms with Crippen LogP contribution in [0.5, 0.6) is 0 Å². The average molecular weight is 183 g/mol. The van der Waals surface area contributed by atoms with Crippen molar-refractivity contribution in [3.05, 3.63) is 12.2 Å². The minimum atomic E-state index is 0.472. The molecule has 1 saturated heterocycles. The van der Waals surface area contributed by atoms with Crippen LogP contribution in [0.1, 0.15) is 32.6 Å². The summed E-state index contributed by atoms with van der Waals surface area (Å²) in [5, 5.41) is 3.41. The van der Waals surface area contributed by atoms with E-state index in [1.165, 1.54) is 19.3 Å². The van der Waals surface area contributed by atoms with Gasteiger partial charge in [0.2, 0.25) is 0 Å². The minimum Gasteiger partial charge on any atom is -0.377 e. The van der Waals surface area contributed by atoms with Gasteiger partial charge in [-0.3, -0.25) is 0 Å². The molecule has 1 unspecified atom stereocenters. The SMILES string of the molecule is C/C=C/CCNCC1CCCCO1. The first-order valence-corrected chi connectivity index (χ1v) is 5.37. The predicted molar refractivity (Wildman–Crippen MR) is 55.9 cm³/mol. The molecule has 2 nitrogen and oxygen atoms in total. The normalized spacial score (nSPS) is 23.9. The van der Waals surface area contributed by atoms with Gasteiger partial charge < -0.3 is 10.1 Å². The van der Waals surface area contributed by atoms with Crippen molar-refractivity contribution < 1.29 is 4.74 Å². The molecule has 1 rings (SSSR count). The molecular weight excluding hydrogens is 162 g/mol. The van der Waals surface area contributed by atoms with Crippen LogP contribution >= 0.6 is 0 Å². The summed E-state index contributed by atoms with van der Waals surface area (Å²) in [4.78, 5) is 0. The van der Waals surface area contributed by atoms with Crippen LogP contribution in [0.15, 0.2) is 12.2 Å². The summed E-state index contributed by atoms with van der Waals surface area (Å²) in [6.07, 6.45) is 9.70. The molecule has 0 amide bonds. The molecule has 76 valence electrons. The molecular formula is C11H21NO. The third-order valence-corrected chi connectivity index (χ3v) is 2.37. The summed E-state index contributed by atoms with van der Waals surface area (Å²) < 4.78 is 5.60. The van der Waals surface area contributed by atoms with Crippen molar-refractivity contribution in [3.63, 3.8) is 0 Å². The molecule has 1 N–H and O–H groups in total. The molecule has 1 heterocycles. The van der Waals surface area contributed by atoms with E-state index in [0.29, 0.717) is 6.10 Å². The van der Waals surface area contributed by atoms with Crippen molar-refractivity contribution >= 4 is 0 Å². The van der Waals surface area contributed by atoms with E-state index in [0.717, 1.165) is 26.1 Å². The fourth-order valence-corrected chi connectivity index (χ4v) is 1.58. The molecule has 1 aliphatic heterocycles. The van der Waals surface area contributed by atoms with Crippen LogP contribution in [-0.4, -0.2) is 25.8 Å². The largest absolute Gasteiger partial charge is 0.377 e. The number of nitrogens with one attached hydrogen (secondary N) is 1. The first-order valence-electron chi connectivity index (χ1n) is 5.37. The second kappa shape index (κ2) is 7.10. The maximum Gasteiger partial charge on any atom is 0.0699 e. The maximum absolute atomic E-state index is 5.60. The highest BCUT2D eigenvalue weighted by molar-refractivity contribution is 4.77. The Balaban J connectivity index is 1.92. The van der Waals surface area contributed by atoms with Crippen LogP contribution in [0.25, 0.3) is 0 Å². The van der Waals surface area contributed by atoms with E-state index in [9.17, 15) is 0 Å². The highest BCUT2D eigenvalue weighted by atomic mass is 16.5. The van der Waals surface area contributed by atoms with E-state index in [2.05, 4.69) is 24.4 Å². The van der Waals surface area contributed by atoms with Gasteiger partial charge in [-0.1, -0.05) is 12.2 Å². The minimum absolute atomic E-state index is 0.472. The van der Waals surface area contributed by atoms with E-state index in [1.54, 1.807) is 0 Å². The van der Waals surface area contributed by atoms with Crippen molar-refractivity contribution in [2.24, 2.45) is 0 Å². The third kappa shape index (κ3) is 5.06. The standard InChI is InChI=1S/C11H21NO/c1-2-3-5-8-12-10-11-7-4-6-9-13-11/h2-3,11-12H,4-10H2,1H3/b3-2+. The van der Waals surface area contributed by atoms with Crippen LogP contribution in [0.4, 0.5) is 0 Å². The number of ether oxygens (including phenoxy) is 1. The monoisotopic (exact) mass is 183 g/mol. The number of allylic oxidation sites excluding steroid dienone is 1. The average Bonchev–Trinajstić information content (AvgIpc) is 2.19. The molecule has 1 aliphatic rings. The fourth-order valence-electron chi connectivity index (χ4n) is 1.58. The van der Waals surface area contributed by atoms with Crippen molar-refractivity contribution in [3.8, 4) is 0 Å². The maximum atomic E-state index is 5.60. The predicted octanol–water partition coefficient (Wildman–Crippen LogP) is 2.11. The lowest BCUT2D eigenvalue weighted by molar-refractivity contribution is 0.0171. The Hall–Kier alpha value is -0.340. The summed E-state index contributed by atoms with van der Waals surface area (Å²) in [7, 11) is 0. The van der Waals surface area contributed by atoms with Crippen molar-refractivity contribution in [2.45, 2.75) is 38.7 Å². The Kier molecular flexibility index (Phi) is 5.87. The Morgan fingerprint density at radius 3 is 3.08 bits per heavy atom. The van der Waals surface area contributed by atoms with Gasteiger partial charge in [-0.15, -0.1) is 0 Å². The van der Waals surface area contributed by atoms with Crippen molar-refractivity contribution in [2.75, 3.05) is 19.7 Å². The molecule has 0 aromatic rings. The zero-order valence-corrected chi connectivity index (χ0v) is 8.59. The molecule has 0 saturated carbocycles. The van der Waals surface area contributed by atoms with Gasteiger partial charge in [0, 0.05) is 13.2 Å². The number of rotatable bonds is 5. The van der Waals surface area contributed by atoms with Gasteiger partial charge in [0.1, 0.15) is 0 Å². The van der Waals surface area contributed by atoms with Gasteiger partial charge >= 0.3 is 0 Å². The summed E-state index contributed by atoms with van der Waals surface area (Å²) >= 11 is 0. The second-order valence-corrected chi connectivity index (χ2v) is 3.55. The molecule has 0 aromatic carbocycles. The summed E-state index contributed by atoms with van der Waals surface area (Å²) in [6, 6.07) is 0. The molecule has 0 aromatic heterocycles. The molecule has 13 heavy (non-hydrogen) atoms. The topological polar surface area (TPSA) is 21.3 Å². The Bertz CT molecular complexity index is 139. The van der Waals surface area contributed by atoms with Crippen LogP contribution in [0.3, 0.4) is 0 Å². The first kappa shape index (κ1) is 10.7. The molecule has 0 bridgehead atoms. The van der Waals surface area contributed by atoms with Gasteiger partial charge in [0.25, 0.3) is 0 Å². The van der Waals surface area contributed by atoms with Gasteiger partial charge in [0.05, 0.1) is 6.10 Å². The molecule has 1 atom stereocenters. The van der Waals surface area contributed by atoms with E-state index < -0.39 is 0 Å². The Morgan fingerprint density at radius 2 is 2.38 bits per heavy atom. The smallest absolute Gasteiger partial charge is 0.0699 e. The lowest BCUT2D eigenvalue weighted by atomic mass is 10.1. The van der Waals surface area contributed by atoms with E-state index in [4.69, 9.17) is 4.74 Å². The van der Waals surface area contributed by atoms with E-state index in [-0.39, 0.29) is 0 Å². The number of hydrogen-bond donors (Lipinski definition) is 1. The third-order valence-electron chi connectivity index (χ3n) is 2.37. The zero-order chi connectivity index (χ0) is 9.36. The summed E-state index contributed by atoms with van der Waals surface area (Å²) in [5.74, 6) is 0. The van der Waals surface area contributed by atoms with Crippen LogP contribution < -0.4 is 5.32 Å². The lowest BCUT2D eigenvalue weighted by Gasteiger charge is -2.22. The fraction of sp³-hybridized carbons (Fsp3) is 0.818. The first-order chi connectivity index (χ1) is 6.43. The lowest BCUT2D eigenvalue weighted by Crippen LogP contribution is -2.32. The van der Waals surface area contributed by atoms with E-state index in [1.807, 2.05) is 0 Å². The number of hydrogen-bond acceptors (Lipinski definition) is 2. The van der Waals surface area contributed by atoms with Crippen molar-refractivity contribution in [1.82, 2.24) is 5.32 Å². The van der Waals surface area contributed by atoms with Gasteiger partial charge in [-0.05, 0) is 39.2 Å². The van der Waals surface area contributed by atoms with Crippen LogP contribution in [-0.2, 0) is 4.74 Å². The van der Waals surface area contributed by atoms with Crippen LogP contribution in [0.2, 0.25) is 0 Å². The summed E-state index contributed by atoms with van der Waals surface area (Å²) in [6.45, 7) is 5.12. The van der Waals surface area contributed by atoms with Gasteiger partial charge in [-0.2, -0.15) is 0 Å². The highest BCUT2D eigenvalue weighted by Crippen LogP contribution is 2.11. The quantitative estimate of drug-likeness (QED) is 0.520. The molecule has 1 fully saturated rings. The molecule has 0 aliphatic carbocycles. The second-order valence-electron chi connectivity index (χ2n) is 3.55. The zero-order valence-electron chi connectivity index (χ0n) is 8.59. The van der Waals surface area contributed by atoms with Gasteiger partial charge in [0.15, 0.2) is 0 Å². The Morgan fingerprint density at radius 1 is 1.46 bits per heavy atom. The molecule has 2 heteroatoms. The molecule has 0 radical (unpaired) electrons. The van der Waals surface area contributed by atoms with Gasteiger partial charge in [-0.25, -0.2) is 0 Å². The van der Waals surface area contributed by atoms with Crippen molar-refractivity contribution in [1.29, 1.82) is 0 Å². The van der Waals surface area contributed by atoms with Crippen LogP contribution in [0, 0.1) is 0 Å². The Labute approximate surface area is 81.4 Å².